The van der Waals surface area contributed by atoms with Crippen LogP contribution < -0.4 is 10.1 Å². The van der Waals surface area contributed by atoms with Crippen LogP contribution in [0.4, 0.5) is 5.69 Å². The molecule has 6 heteroatoms. The molecule has 1 amide bonds. The quantitative estimate of drug-likeness (QED) is 0.575. The molecule has 0 bridgehead atoms. The molecular formula is C19H17BrN2O3. The molecule has 0 aliphatic carbocycles. The molecule has 5 nitrogen and oxygen atoms in total. The van der Waals surface area contributed by atoms with Gasteiger partial charge in [-0.05, 0) is 49.8 Å². The van der Waals surface area contributed by atoms with Crippen LogP contribution in [0.3, 0.4) is 0 Å². The molecule has 25 heavy (non-hydrogen) atoms. The fourth-order valence-electron chi connectivity index (χ4n) is 2.08. The van der Waals surface area contributed by atoms with Crippen molar-refractivity contribution >= 4 is 33.6 Å². The number of amides is 1. The number of nitrogens with one attached hydrogen (secondary N) is 1. The number of aromatic hydroxyl groups is 1. The fraction of sp³-hybridized carbons (Fsp3) is 0.158. The number of nitrogens with zero attached hydrogens (tertiary/aromatic N) is 1. The highest BCUT2D eigenvalue weighted by Crippen LogP contribution is 2.33. The number of phenols is 1. The number of nitriles is 1. The van der Waals surface area contributed by atoms with Gasteiger partial charge in [-0.1, -0.05) is 33.6 Å². The zero-order valence-electron chi connectivity index (χ0n) is 13.8. The minimum absolute atomic E-state index is 0.0199. The average Bonchev–Trinajstić information content (AvgIpc) is 2.58. The maximum absolute atomic E-state index is 12.3. The summed E-state index contributed by atoms with van der Waals surface area (Å²) in [6.45, 7) is 4.13. The smallest absolute Gasteiger partial charge is 0.266 e. The first-order valence-electron chi connectivity index (χ1n) is 7.59. The first-order chi connectivity index (χ1) is 11.9. The molecule has 0 aromatic heterocycles. The van der Waals surface area contributed by atoms with Gasteiger partial charge < -0.3 is 15.2 Å². The van der Waals surface area contributed by atoms with Gasteiger partial charge in [0.2, 0.25) is 0 Å². The second-order valence-corrected chi connectivity index (χ2v) is 6.12. The molecule has 0 spiro atoms. The third-order valence-electron chi connectivity index (χ3n) is 3.35. The molecule has 0 heterocycles. The third-order valence-corrected chi connectivity index (χ3v) is 4.04. The van der Waals surface area contributed by atoms with Crippen molar-refractivity contribution in [3.8, 4) is 17.6 Å². The van der Waals surface area contributed by atoms with Crippen molar-refractivity contribution < 1.29 is 14.6 Å². The van der Waals surface area contributed by atoms with E-state index in [1.807, 2.05) is 25.1 Å². The Kier molecular flexibility index (Phi) is 6.20. The summed E-state index contributed by atoms with van der Waals surface area (Å²) in [4.78, 5) is 12.3. The van der Waals surface area contributed by atoms with Crippen molar-refractivity contribution in [2.24, 2.45) is 0 Å². The normalized spacial score (nSPS) is 10.9. The number of phenolic OH excluding ortho intramolecular Hbond substituents is 1. The van der Waals surface area contributed by atoms with Crippen molar-refractivity contribution in [1.29, 1.82) is 5.26 Å². The Morgan fingerprint density at radius 2 is 2.04 bits per heavy atom. The number of carbonyl (C=O) groups excluding carboxylic acids is 1. The number of ether oxygens (including phenoxy) is 1. The van der Waals surface area contributed by atoms with Gasteiger partial charge in [0, 0.05) is 10.2 Å². The molecule has 0 saturated heterocycles. The van der Waals surface area contributed by atoms with Crippen LogP contribution in [0.25, 0.3) is 6.08 Å². The molecule has 0 aliphatic heterocycles. The molecular weight excluding hydrogens is 384 g/mol. The molecule has 0 aliphatic rings. The summed E-state index contributed by atoms with van der Waals surface area (Å²) in [5.41, 5.74) is 2.17. The molecule has 0 radical (unpaired) electrons. The monoisotopic (exact) mass is 400 g/mol. The Labute approximate surface area is 154 Å². The lowest BCUT2D eigenvalue weighted by atomic mass is 10.1. The topological polar surface area (TPSA) is 82.3 Å². The number of hydrogen-bond acceptors (Lipinski definition) is 4. The lowest BCUT2D eigenvalue weighted by Gasteiger charge is -2.09. The van der Waals surface area contributed by atoms with E-state index in [1.165, 1.54) is 12.1 Å². The first kappa shape index (κ1) is 18.6. The highest BCUT2D eigenvalue weighted by Gasteiger charge is 2.13. The maximum Gasteiger partial charge on any atom is 0.266 e. The Morgan fingerprint density at radius 1 is 1.36 bits per heavy atom. The first-order valence-corrected chi connectivity index (χ1v) is 8.39. The van der Waals surface area contributed by atoms with Crippen LogP contribution in [-0.2, 0) is 4.79 Å². The molecule has 0 fully saturated rings. The van der Waals surface area contributed by atoms with Gasteiger partial charge in [-0.25, -0.2) is 0 Å². The van der Waals surface area contributed by atoms with E-state index < -0.39 is 5.91 Å². The molecule has 2 aromatic rings. The van der Waals surface area contributed by atoms with Crippen LogP contribution >= 0.6 is 15.9 Å². The predicted octanol–water partition coefficient (Wildman–Crippen LogP) is 4.41. The van der Waals surface area contributed by atoms with Crippen LogP contribution in [0.2, 0.25) is 0 Å². The lowest BCUT2D eigenvalue weighted by Crippen LogP contribution is -2.13. The minimum Gasteiger partial charge on any atom is -0.504 e. The summed E-state index contributed by atoms with van der Waals surface area (Å²) in [5, 5.41) is 21.9. The number of rotatable bonds is 5. The van der Waals surface area contributed by atoms with E-state index in [4.69, 9.17) is 4.74 Å². The van der Waals surface area contributed by atoms with Gasteiger partial charge in [-0.3, -0.25) is 4.79 Å². The van der Waals surface area contributed by atoms with E-state index in [9.17, 15) is 15.2 Å². The van der Waals surface area contributed by atoms with E-state index in [-0.39, 0.29) is 17.1 Å². The highest BCUT2D eigenvalue weighted by atomic mass is 79.9. The van der Waals surface area contributed by atoms with Crippen molar-refractivity contribution in [1.82, 2.24) is 0 Å². The number of carbonyl (C=O) groups is 1. The average molecular weight is 401 g/mol. The Hall–Kier alpha value is -2.78. The molecule has 128 valence electrons. The van der Waals surface area contributed by atoms with Crippen molar-refractivity contribution in [3.05, 3.63) is 57.6 Å². The van der Waals surface area contributed by atoms with Crippen LogP contribution in [0.5, 0.6) is 11.5 Å². The number of benzene rings is 2. The summed E-state index contributed by atoms with van der Waals surface area (Å²) in [6.07, 6.45) is 1.44. The molecule has 2 aromatic carbocycles. The number of aryl methyl sites for hydroxylation is 1. The Bertz CT molecular complexity index is 852. The van der Waals surface area contributed by atoms with Crippen molar-refractivity contribution in [2.45, 2.75) is 13.8 Å². The van der Waals surface area contributed by atoms with Gasteiger partial charge in [0.1, 0.15) is 11.6 Å². The zero-order chi connectivity index (χ0) is 18.4. The fourth-order valence-corrected chi connectivity index (χ4v) is 2.53. The predicted molar refractivity (Wildman–Crippen MR) is 100 cm³/mol. The van der Waals surface area contributed by atoms with Gasteiger partial charge in [-0.15, -0.1) is 0 Å². The van der Waals surface area contributed by atoms with Gasteiger partial charge in [-0.2, -0.15) is 5.26 Å². The minimum atomic E-state index is -0.510. The summed E-state index contributed by atoms with van der Waals surface area (Å²) < 4.78 is 5.88. The second-order valence-electron chi connectivity index (χ2n) is 5.26. The van der Waals surface area contributed by atoms with E-state index in [0.29, 0.717) is 22.3 Å². The summed E-state index contributed by atoms with van der Waals surface area (Å²) >= 11 is 3.31. The SMILES string of the molecule is CCOc1cc(/C=C(\C#N)C(=O)Nc2ccc(C)cc2)c(Br)cc1O. The van der Waals surface area contributed by atoms with E-state index >= 15 is 0 Å². The van der Waals surface area contributed by atoms with Crippen molar-refractivity contribution in [2.75, 3.05) is 11.9 Å². The Balaban J connectivity index is 2.30. The van der Waals surface area contributed by atoms with E-state index in [0.717, 1.165) is 5.56 Å². The largest absolute Gasteiger partial charge is 0.504 e. The lowest BCUT2D eigenvalue weighted by molar-refractivity contribution is -0.112. The second kappa shape index (κ2) is 8.36. The number of halogens is 1. The standard InChI is InChI=1S/C19H17BrN2O3/c1-3-25-18-9-13(16(20)10-17(18)23)8-14(11-21)19(24)22-15-6-4-12(2)5-7-15/h4-10,23H,3H2,1-2H3,(H,22,24)/b14-8+. The number of hydrogen-bond donors (Lipinski definition) is 2. The van der Waals surface area contributed by atoms with Gasteiger partial charge >= 0.3 is 0 Å². The van der Waals surface area contributed by atoms with Gasteiger partial charge in [0.05, 0.1) is 6.61 Å². The summed E-state index contributed by atoms with van der Waals surface area (Å²) in [6, 6.07) is 12.2. The van der Waals surface area contributed by atoms with Gasteiger partial charge in [0.25, 0.3) is 5.91 Å². The third kappa shape index (κ3) is 4.85. The summed E-state index contributed by atoms with van der Waals surface area (Å²) in [7, 11) is 0. The van der Waals surface area contributed by atoms with Crippen molar-refractivity contribution in [3.63, 3.8) is 0 Å². The van der Waals surface area contributed by atoms with Gasteiger partial charge in [0.15, 0.2) is 11.5 Å². The molecule has 0 unspecified atom stereocenters. The molecule has 2 rings (SSSR count). The summed E-state index contributed by atoms with van der Waals surface area (Å²) in [5.74, 6) is -0.244. The van der Waals surface area contributed by atoms with Crippen LogP contribution in [-0.4, -0.2) is 17.6 Å². The van der Waals surface area contributed by atoms with Crippen LogP contribution in [0, 0.1) is 18.3 Å². The molecule has 2 N–H and O–H groups in total. The molecule has 0 saturated carbocycles. The van der Waals surface area contributed by atoms with Crippen LogP contribution in [0.1, 0.15) is 18.1 Å². The van der Waals surface area contributed by atoms with E-state index in [2.05, 4.69) is 21.2 Å². The maximum atomic E-state index is 12.3. The Morgan fingerprint density at radius 3 is 2.64 bits per heavy atom. The van der Waals surface area contributed by atoms with Crippen LogP contribution in [0.15, 0.2) is 46.4 Å². The number of anilines is 1. The van der Waals surface area contributed by atoms with E-state index in [1.54, 1.807) is 25.1 Å². The molecule has 0 atom stereocenters. The highest BCUT2D eigenvalue weighted by molar-refractivity contribution is 9.10. The zero-order valence-corrected chi connectivity index (χ0v) is 15.4.